The first kappa shape index (κ1) is 21.6. The van der Waals surface area contributed by atoms with Crippen molar-refractivity contribution in [3.05, 3.63) is 0 Å². The van der Waals surface area contributed by atoms with Crippen LogP contribution in [0.15, 0.2) is 0 Å². The molecule has 0 fully saturated rings. The zero-order valence-electron chi connectivity index (χ0n) is 11.6. The lowest BCUT2D eigenvalue weighted by atomic mass is 9.90. The van der Waals surface area contributed by atoms with E-state index in [-0.39, 0.29) is 10.9 Å². The molecule has 0 rings (SSSR count). The molecular weight excluding hydrogens is 220 g/mol. The second-order valence-corrected chi connectivity index (χ2v) is 5.90. The van der Waals surface area contributed by atoms with Gasteiger partial charge in [-0.1, -0.05) is 59.3 Å². The molecular formula is C13H33FNP. The van der Waals surface area contributed by atoms with Gasteiger partial charge < -0.3 is 6.15 Å². The predicted octanol–water partition coefficient (Wildman–Crippen LogP) is 5.49. The molecule has 1 atom stereocenters. The van der Waals surface area contributed by atoms with Gasteiger partial charge in [0.05, 0.1) is 0 Å². The summed E-state index contributed by atoms with van der Waals surface area (Å²) in [5.74, 6) is 0. The van der Waals surface area contributed by atoms with Gasteiger partial charge in [0, 0.05) is 0 Å². The minimum absolute atomic E-state index is 0. The fourth-order valence-corrected chi connectivity index (χ4v) is 2.57. The van der Waals surface area contributed by atoms with Gasteiger partial charge in [-0.15, -0.1) is 9.24 Å². The Morgan fingerprint density at radius 1 is 0.750 bits per heavy atom. The first-order valence-corrected chi connectivity index (χ1v) is 7.05. The van der Waals surface area contributed by atoms with Crippen LogP contribution in [0.4, 0.5) is 4.70 Å². The molecule has 3 heteroatoms. The van der Waals surface area contributed by atoms with Crippen LogP contribution < -0.4 is 6.15 Å². The van der Waals surface area contributed by atoms with Gasteiger partial charge in [-0.25, -0.2) is 0 Å². The highest BCUT2D eigenvalue weighted by Crippen LogP contribution is 2.36. The molecule has 102 valence electrons. The van der Waals surface area contributed by atoms with E-state index in [0.717, 1.165) is 0 Å². The van der Waals surface area contributed by atoms with Gasteiger partial charge in [0.15, 0.2) is 0 Å². The van der Waals surface area contributed by atoms with Gasteiger partial charge in [0.2, 0.25) is 0 Å². The number of halogens is 1. The van der Waals surface area contributed by atoms with Crippen molar-refractivity contribution in [1.82, 2.24) is 6.15 Å². The fourth-order valence-electron chi connectivity index (χ4n) is 1.96. The number of unbranched alkanes of at least 4 members (excludes halogenated alkanes) is 3. The summed E-state index contributed by atoms with van der Waals surface area (Å²) in [5.41, 5.74) is 0. The Kier molecular flexibility index (Phi) is 18.1. The summed E-state index contributed by atoms with van der Waals surface area (Å²) in [6.07, 6.45) is 12.5. The average molecular weight is 253 g/mol. The van der Waals surface area contributed by atoms with E-state index in [1.807, 2.05) is 0 Å². The van der Waals surface area contributed by atoms with Crippen LogP contribution >= 0.6 is 9.24 Å². The molecule has 0 heterocycles. The highest BCUT2D eigenvalue weighted by molar-refractivity contribution is 7.19. The molecule has 3 N–H and O–H groups in total. The molecule has 0 radical (unpaired) electrons. The predicted molar refractivity (Wildman–Crippen MR) is 78.5 cm³/mol. The van der Waals surface area contributed by atoms with Crippen LogP contribution in [-0.2, 0) is 0 Å². The van der Waals surface area contributed by atoms with E-state index >= 15 is 0 Å². The summed E-state index contributed by atoms with van der Waals surface area (Å²) >= 11 is 0. The fraction of sp³-hybridized carbons (Fsp3) is 1.00. The topological polar surface area (TPSA) is 35.0 Å². The van der Waals surface area contributed by atoms with Crippen molar-refractivity contribution in [3.63, 3.8) is 0 Å². The molecule has 0 aromatic carbocycles. The molecule has 16 heavy (non-hydrogen) atoms. The molecule has 0 bridgehead atoms. The van der Waals surface area contributed by atoms with Gasteiger partial charge in [-0.05, 0) is 24.4 Å². The number of hydrogen-bond donors (Lipinski definition) is 1. The minimum Gasteiger partial charge on any atom is -0.344 e. The Labute approximate surface area is 104 Å². The lowest BCUT2D eigenvalue weighted by Crippen LogP contribution is -2.20. The van der Waals surface area contributed by atoms with Gasteiger partial charge in [0.1, 0.15) is 0 Å². The smallest absolute Gasteiger partial charge is 0.0150 e. The maximum atomic E-state index is 3.17. The van der Waals surface area contributed by atoms with Crippen molar-refractivity contribution in [2.45, 2.75) is 83.7 Å². The van der Waals surface area contributed by atoms with Crippen LogP contribution in [0.3, 0.4) is 0 Å². The van der Waals surface area contributed by atoms with Gasteiger partial charge in [0.25, 0.3) is 0 Å². The molecule has 1 unspecified atom stereocenters. The summed E-state index contributed by atoms with van der Waals surface area (Å²) in [7, 11) is 3.17. The second kappa shape index (κ2) is 13.4. The van der Waals surface area contributed by atoms with Crippen molar-refractivity contribution in [2.24, 2.45) is 0 Å². The zero-order valence-corrected chi connectivity index (χ0v) is 12.7. The number of rotatable bonds is 9. The normalized spacial score (nSPS) is 10.5. The van der Waals surface area contributed by atoms with Crippen molar-refractivity contribution in [3.8, 4) is 0 Å². The number of hydrogen-bond acceptors (Lipinski definition) is 1. The Morgan fingerprint density at radius 2 is 1.00 bits per heavy atom. The summed E-state index contributed by atoms with van der Waals surface area (Å²) in [4.78, 5) is 0. The van der Waals surface area contributed by atoms with Gasteiger partial charge >= 0.3 is 0 Å². The lowest BCUT2D eigenvalue weighted by molar-refractivity contribution is 0.424. The van der Waals surface area contributed by atoms with Crippen LogP contribution in [0.5, 0.6) is 0 Å². The first-order valence-electron chi connectivity index (χ1n) is 6.47. The molecule has 0 saturated heterocycles. The molecule has 0 aromatic heterocycles. The monoisotopic (exact) mass is 253 g/mol. The second-order valence-electron chi connectivity index (χ2n) is 4.67. The Hall–Kier alpha value is 0.320. The van der Waals surface area contributed by atoms with Gasteiger partial charge in [-0.2, -0.15) is 0 Å². The Balaban J connectivity index is -0.000000845. The van der Waals surface area contributed by atoms with E-state index in [9.17, 15) is 0 Å². The molecule has 0 amide bonds. The van der Waals surface area contributed by atoms with Crippen LogP contribution in [0.1, 0.15) is 78.6 Å². The van der Waals surface area contributed by atoms with Crippen molar-refractivity contribution >= 4 is 9.24 Å². The third-order valence-electron chi connectivity index (χ3n) is 3.08. The lowest BCUT2D eigenvalue weighted by Gasteiger charge is -2.29. The van der Waals surface area contributed by atoms with E-state index in [4.69, 9.17) is 0 Å². The molecule has 1 nitrogen and oxygen atoms in total. The summed E-state index contributed by atoms with van der Waals surface area (Å²) < 4.78 is 0. The highest BCUT2D eigenvalue weighted by Gasteiger charge is 2.22. The third kappa shape index (κ3) is 10.8. The average Bonchev–Trinajstić information content (AvgIpc) is 2.21. The van der Waals surface area contributed by atoms with E-state index in [1.165, 1.54) is 57.8 Å². The third-order valence-corrected chi connectivity index (χ3v) is 3.95. The van der Waals surface area contributed by atoms with E-state index in [0.29, 0.717) is 5.16 Å². The maximum absolute atomic E-state index is 3.17. The summed E-state index contributed by atoms with van der Waals surface area (Å²) in [5, 5.41) is 0.571. The molecule has 0 spiro atoms. The van der Waals surface area contributed by atoms with Gasteiger partial charge in [-0.3, -0.25) is 4.70 Å². The summed E-state index contributed by atoms with van der Waals surface area (Å²) in [6.45, 7) is 6.89. The van der Waals surface area contributed by atoms with Crippen molar-refractivity contribution < 1.29 is 4.70 Å². The molecule has 0 aliphatic rings. The minimum atomic E-state index is 0. The SMILES string of the molecule is CCCCC(P)(CCCC)CCCC.F.N. The standard InChI is InChI=1S/C13H29P.FH.H3N/c1-4-7-10-13(14,11-8-5-2)12-9-6-3;;/h4-12,14H2,1-3H3;1H;1H3. The first-order chi connectivity index (χ1) is 6.68. The summed E-state index contributed by atoms with van der Waals surface area (Å²) in [6, 6.07) is 0. The molecule has 0 aliphatic heterocycles. The van der Waals surface area contributed by atoms with Crippen LogP contribution in [0.2, 0.25) is 0 Å². The van der Waals surface area contributed by atoms with E-state index in [2.05, 4.69) is 30.0 Å². The maximum Gasteiger partial charge on any atom is -0.0150 e. The van der Waals surface area contributed by atoms with Crippen molar-refractivity contribution in [1.29, 1.82) is 0 Å². The van der Waals surface area contributed by atoms with Crippen molar-refractivity contribution in [2.75, 3.05) is 0 Å². The quantitative estimate of drug-likeness (QED) is 0.542. The zero-order chi connectivity index (χ0) is 10.9. The molecule has 0 aliphatic carbocycles. The van der Waals surface area contributed by atoms with E-state index < -0.39 is 0 Å². The molecule has 0 saturated carbocycles. The Morgan fingerprint density at radius 3 is 1.19 bits per heavy atom. The largest absolute Gasteiger partial charge is 0.344 e. The van der Waals surface area contributed by atoms with Crippen LogP contribution in [0, 0.1) is 0 Å². The highest BCUT2D eigenvalue weighted by atomic mass is 31.0. The van der Waals surface area contributed by atoms with E-state index in [1.54, 1.807) is 0 Å². The Bertz CT molecular complexity index is 109. The molecule has 0 aromatic rings. The van der Waals surface area contributed by atoms with Crippen LogP contribution in [-0.4, -0.2) is 5.16 Å². The van der Waals surface area contributed by atoms with Crippen LogP contribution in [0.25, 0.3) is 0 Å².